The zero-order valence-corrected chi connectivity index (χ0v) is 12.0. The maximum atomic E-state index is 12.6. The Morgan fingerprint density at radius 2 is 2.15 bits per heavy atom. The van der Waals surface area contributed by atoms with Crippen LogP contribution in [0.4, 0.5) is 5.69 Å². The summed E-state index contributed by atoms with van der Waals surface area (Å²) >= 11 is 0. The van der Waals surface area contributed by atoms with Crippen LogP contribution in [0.15, 0.2) is 18.2 Å². The number of likely N-dealkylation sites (tertiary alicyclic amines) is 1. The molecule has 1 aromatic rings. The molecule has 0 spiro atoms. The molecular weight excluding hydrogens is 254 g/mol. The first-order valence-corrected chi connectivity index (χ1v) is 6.90. The normalized spacial score (nSPS) is 18.7. The van der Waals surface area contributed by atoms with Crippen LogP contribution in [0.2, 0.25) is 0 Å². The Hall–Kier alpha value is -2.04. The van der Waals surface area contributed by atoms with Crippen molar-refractivity contribution in [2.45, 2.75) is 19.8 Å². The van der Waals surface area contributed by atoms with Crippen LogP contribution >= 0.6 is 0 Å². The summed E-state index contributed by atoms with van der Waals surface area (Å²) in [5.41, 5.74) is 7.85. The van der Waals surface area contributed by atoms with Crippen LogP contribution in [0.3, 0.4) is 0 Å². The predicted molar refractivity (Wildman–Crippen MR) is 78.3 cm³/mol. The van der Waals surface area contributed by atoms with Crippen LogP contribution in [0.5, 0.6) is 0 Å². The molecule has 2 rings (SSSR count). The summed E-state index contributed by atoms with van der Waals surface area (Å²) in [4.78, 5) is 26.1. The molecule has 1 fully saturated rings. The number of piperidine rings is 1. The first-order chi connectivity index (χ1) is 9.54. The molecule has 0 radical (unpaired) electrons. The van der Waals surface area contributed by atoms with Gasteiger partial charge in [-0.25, -0.2) is 0 Å². The Morgan fingerprint density at radius 3 is 2.80 bits per heavy atom. The lowest BCUT2D eigenvalue weighted by Crippen LogP contribution is -2.45. The van der Waals surface area contributed by atoms with Crippen molar-refractivity contribution < 1.29 is 9.59 Å². The van der Waals surface area contributed by atoms with Crippen LogP contribution in [0.1, 0.15) is 28.8 Å². The molecule has 2 amide bonds. The van der Waals surface area contributed by atoms with E-state index >= 15 is 0 Å². The van der Waals surface area contributed by atoms with E-state index < -0.39 is 0 Å². The van der Waals surface area contributed by atoms with Gasteiger partial charge >= 0.3 is 0 Å². The number of rotatable bonds is 2. The zero-order chi connectivity index (χ0) is 14.7. The van der Waals surface area contributed by atoms with E-state index in [1.807, 2.05) is 19.1 Å². The number of aryl methyl sites for hydroxylation is 1. The van der Waals surface area contributed by atoms with Crippen LogP contribution in [0.25, 0.3) is 0 Å². The fourth-order valence-corrected chi connectivity index (χ4v) is 2.72. The number of nitrogens with zero attached hydrogens (tertiary/aromatic N) is 1. The van der Waals surface area contributed by atoms with E-state index in [9.17, 15) is 9.59 Å². The number of nitrogen functional groups attached to an aromatic ring is 1. The highest BCUT2D eigenvalue weighted by atomic mass is 16.2. The van der Waals surface area contributed by atoms with Gasteiger partial charge in [0, 0.05) is 25.8 Å². The molecule has 1 atom stereocenters. The van der Waals surface area contributed by atoms with Gasteiger partial charge in [-0.15, -0.1) is 0 Å². The Morgan fingerprint density at radius 1 is 1.40 bits per heavy atom. The molecule has 5 nitrogen and oxygen atoms in total. The van der Waals surface area contributed by atoms with Gasteiger partial charge in [-0.1, -0.05) is 12.1 Å². The van der Waals surface area contributed by atoms with Crippen molar-refractivity contribution in [3.05, 3.63) is 29.3 Å². The standard InChI is InChI=1S/C15H21N3O2/c1-10-5-3-7-12(16)13(10)15(20)18-8-4-6-11(9-18)14(19)17-2/h3,5,7,11H,4,6,8-9,16H2,1-2H3,(H,17,19). The van der Waals surface area contributed by atoms with Gasteiger partial charge in [-0.3, -0.25) is 9.59 Å². The van der Waals surface area contributed by atoms with E-state index in [0.29, 0.717) is 24.3 Å². The predicted octanol–water partition coefficient (Wildman–Crippen LogP) is 1.18. The molecule has 3 N–H and O–H groups in total. The van der Waals surface area contributed by atoms with Crippen LogP contribution in [-0.2, 0) is 4.79 Å². The number of hydrogen-bond donors (Lipinski definition) is 2. The van der Waals surface area contributed by atoms with Gasteiger partial charge in [-0.05, 0) is 31.4 Å². The first-order valence-electron chi connectivity index (χ1n) is 6.90. The highest BCUT2D eigenvalue weighted by molar-refractivity contribution is 6.00. The van der Waals surface area contributed by atoms with Gasteiger partial charge in [0.2, 0.25) is 5.91 Å². The number of carbonyl (C=O) groups excluding carboxylic acids is 2. The van der Waals surface area contributed by atoms with Gasteiger partial charge in [0.1, 0.15) is 0 Å². The Balaban J connectivity index is 2.19. The summed E-state index contributed by atoms with van der Waals surface area (Å²) in [5.74, 6) is -0.197. The summed E-state index contributed by atoms with van der Waals surface area (Å²) in [6.07, 6.45) is 1.67. The molecule has 108 valence electrons. The molecule has 0 bridgehead atoms. The molecule has 5 heteroatoms. The second kappa shape index (κ2) is 5.94. The number of carbonyl (C=O) groups is 2. The van der Waals surface area contributed by atoms with Crippen molar-refractivity contribution in [1.29, 1.82) is 0 Å². The van der Waals surface area contributed by atoms with Gasteiger partial charge in [0.25, 0.3) is 5.91 Å². The Kier molecular flexibility index (Phi) is 4.27. The maximum Gasteiger partial charge on any atom is 0.256 e. The molecular formula is C15H21N3O2. The van der Waals surface area contributed by atoms with E-state index in [0.717, 1.165) is 18.4 Å². The van der Waals surface area contributed by atoms with Gasteiger partial charge in [0.15, 0.2) is 0 Å². The highest BCUT2D eigenvalue weighted by Gasteiger charge is 2.29. The second-order valence-electron chi connectivity index (χ2n) is 5.24. The minimum Gasteiger partial charge on any atom is -0.398 e. The van der Waals surface area contributed by atoms with Crippen molar-refractivity contribution in [2.24, 2.45) is 5.92 Å². The smallest absolute Gasteiger partial charge is 0.256 e. The Bertz CT molecular complexity index is 508. The minimum atomic E-state index is -0.122. The number of amides is 2. The third-order valence-electron chi connectivity index (χ3n) is 3.84. The second-order valence-corrected chi connectivity index (χ2v) is 5.24. The van der Waals surface area contributed by atoms with E-state index in [1.54, 1.807) is 18.0 Å². The number of benzene rings is 1. The van der Waals surface area contributed by atoms with Crippen molar-refractivity contribution in [2.75, 3.05) is 25.9 Å². The number of nitrogens with one attached hydrogen (secondary N) is 1. The monoisotopic (exact) mass is 275 g/mol. The van der Waals surface area contributed by atoms with Gasteiger partial charge in [-0.2, -0.15) is 0 Å². The van der Waals surface area contributed by atoms with E-state index in [-0.39, 0.29) is 17.7 Å². The number of anilines is 1. The van der Waals surface area contributed by atoms with E-state index in [2.05, 4.69) is 5.32 Å². The third kappa shape index (κ3) is 2.76. The highest BCUT2D eigenvalue weighted by Crippen LogP contribution is 2.23. The minimum absolute atomic E-state index is 0.000237. The van der Waals surface area contributed by atoms with Gasteiger partial charge in [0.05, 0.1) is 11.5 Å². The summed E-state index contributed by atoms with van der Waals surface area (Å²) in [7, 11) is 1.63. The third-order valence-corrected chi connectivity index (χ3v) is 3.84. The molecule has 20 heavy (non-hydrogen) atoms. The first kappa shape index (κ1) is 14.4. The number of nitrogens with two attached hydrogens (primary N) is 1. The molecule has 0 aliphatic carbocycles. The topological polar surface area (TPSA) is 75.4 Å². The lowest BCUT2D eigenvalue weighted by atomic mass is 9.95. The average Bonchev–Trinajstić information content (AvgIpc) is 2.46. The lowest BCUT2D eigenvalue weighted by molar-refractivity contribution is -0.125. The van der Waals surface area contributed by atoms with Crippen molar-refractivity contribution in [1.82, 2.24) is 10.2 Å². The SMILES string of the molecule is CNC(=O)C1CCCN(C(=O)c2c(C)cccc2N)C1. The molecule has 0 saturated carbocycles. The van der Waals surface area contributed by atoms with Gasteiger partial charge < -0.3 is 16.0 Å². The molecule has 0 aromatic heterocycles. The largest absolute Gasteiger partial charge is 0.398 e. The van der Waals surface area contributed by atoms with Crippen LogP contribution < -0.4 is 11.1 Å². The fraction of sp³-hybridized carbons (Fsp3) is 0.467. The summed E-state index contributed by atoms with van der Waals surface area (Å²) in [6, 6.07) is 5.45. The summed E-state index contributed by atoms with van der Waals surface area (Å²) in [5, 5.41) is 2.66. The molecule has 1 aliphatic rings. The zero-order valence-electron chi connectivity index (χ0n) is 12.0. The molecule has 1 unspecified atom stereocenters. The molecule has 1 saturated heterocycles. The van der Waals surface area contributed by atoms with Crippen molar-refractivity contribution in [3.8, 4) is 0 Å². The van der Waals surface area contributed by atoms with Crippen molar-refractivity contribution >= 4 is 17.5 Å². The number of hydrogen-bond acceptors (Lipinski definition) is 3. The molecule has 1 aliphatic heterocycles. The van der Waals surface area contributed by atoms with E-state index in [4.69, 9.17) is 5.73 Å². The average molecular weight is 275 g/mol. The Labute approximate surface area is 119 Å². The summed E-state index contributed by atoms with van der Waals surface area (Å²) in [6.45, 7) is 3.02. The summed E-state index contributed by atoms with van der Waals surface area (Å²) < 4.78 is 0. The van der Waals surface area contributed by atoms with Crippen molar-refractivity contribution in [3.63, 3.8) is 0 Å². The van der Waals surface area contributed by atoms with E-state index in [1.165, 1.54) is 0 Å². The maximum absolute atomic E-state index is 12.6. The van der Waals surface area contributed by atoms with Crippen LogP contribution in [-0.4, -0.2) is 36.9 Å². The quantitative estimate of drug-likeness (QED) is 0.796. The lowest BCUT2D eigenvalue weighted by Gasteiger charge is -2.32. The van der Waals surface area contributed by atoms with Crippen LogP contribution in [0, 0.1) is 12.8 Å². The molecule has 1 aromatic carbocycles. The molecule has 1 heterocycles. The fourth-order valence-electron chi connectivity index (χ4n) is 2.72.